The van der Waals surface area contributed by atoms with E-state index in [0.717, 1.165) is 7.11 Å². The number of hydrogen-bond donors (Lipinski definition) is 3. The maximum Gasteiger partial charge on any atom is 0.326 e. The van der Waals surface area contributed by atoms with Crippen LogP contribution in [0.4, 0.5) is 0 Å². The zero-order chi connectivity index (χ0) is 15.1. The van der Waals surface area contributed by atoms with Gasteiger partial charge in [0.1, 0.15) is 11.8 Å². The molecule has 0 aromatic heterocycles. The fourth-order valence-corrected chi connectivity index (χ4v) is 1.49. The third kappa shape index (κ3) is 4.97. The first-order chi connectivity index (χ1) is 9.42. The minimum Gasteiger partial charge on any atom is -0.508 e. The first kappa shape index (κ1) is 15.5. The minimum absolute atomic E-state index is 0.0504. The molecule has 0 bridgehead atoms. The van der Waals surface area contributed by atoms with Gasteiger partial charge in [-0.05, 0) is 17.7 Å². The lowest BCUT2D eigenvalue weighted by atomic mass is 10.1. The molecular formula is C13H15NO6. The number of rotatable bonds is 6. The quantitative estimate of drug-likeness (QED) is 0.636. The normalized spacial score (nSPS) is 11.4. The van der Waals surface area contributed by atoms with Crippen LogP contribution in [0, 0.1) is 0 Å². The van der Waals surface area contributed by atoms with Crippen molar-refractivity contribution in [2.45, 2.75) is 18.9 Å². The number of phenols is 1. The Morgan fingerprint density at radius 1 is 1.25 bits per heavy atom. The molecule has 0 aliphatic carbocycles. The van der Waals surface area contributed by atoms with Gasteiger partial charge in [0.15, 0.2) is 0 Å². The highest BCUT2D eigenvalue weighted by Gasteiger charge is 2.23. The summed E-state index contributed by atoms with van der Waals surface area (Å²) in [5, 5.41) is 20.3. The molecule has 20 heavy (non-hydrogen) atoms. The summed E-state index contributed by atoms with van der Waals surface area (Å²) < 4.78 is 4.36. The summed E-state index contributed by atoms with van der Waals surface area (Å²) in [6.07, 6.45) is -0.488. The Labute approximate surface area is 115 Å². The Morgan fingerprint density at radius 2 is 1.85 bits per heavy atom. The molecular weight excluding hydrogens is 266 g/mol. The second kappa shape index (κ2) is 7.13. The van der Waals surface area contributed by atoms with Crippen molar-refractivity contribution in [2.24, 2.45) is 0 Å². The van der Waals surface area contributed by atoms with Crippen LogP contribution in [0.1, 0.15) is 12.0 Å². The predicted molar refractivity (Wildman–Crippen MR) is 68.0 cm³/mol. The van der Waals surface area contributed by atoms with Gasteiger partial charge in [0, 0.05) is 0 Å². The summed E-state index contributed by atoms with van der Waals surface area (Å²) in [5.74, 6) is -2.49. The molecule has 3 N–H and O–H groups in total. The van der Waals surface area contributed by atoms with Crippen LogP contribution in [-0.4, -0.2) is 41.2 Å². The van der Waals surface area contributed by atoms with Crippen molar-refractivity contribution >= 4 is 17.8 Å². The van der Waals surface area contributed by atoms with Crippen LogP contribution in [0.25, 0.3) is 0 Å². The molecule has 108 valence electrons. The van der Waals surface area contributed by atoms with Crippen LogP contribution in [-0.2, 0) is 25.5 Å². The van der Waals surface area contributed by atoms with E-state index in [1.807, 2.05) is 0 Å². The Bertz CT molecular complexity index is 496. The smallest absolute Gasteiger partial charge is 0.326 e. The summed E-state index contributed by atoms with van der Waals surface area (Å²) in [6.45, 7) is 0. The number of hydrogen-bond acceptors (Lipinski definition) is 5. The monoisotopic (exact) mass is 281 g/mol. The van der Waals surface area contributed by atoms with Crippen molar-refractivity contribution in [1.82, 2.24) is 5.32 Å². The predicted octanol–water partition coefficient (Wildman–Crippen LogP) is 0.0672. The van der Waals surface area contributed by atoms with Gasteiger partial charge in [0.25, 0.3) is 0 Å². The number of methoxy groups -OCH3 is 1. The largest absolute Gasteiger partial charge is 0.508 e. The maximum absolute atomic E-state index is 11.7. The number of aromatic hydroxyl groups is 1. The van der Waals surface area contributed by atoms with E-state index < -0.39 is 30.3 Å². The van der Waals surface area contributed by atoms with E-state index in [2.05, 4.69) is 10.1 Å². The number of carboxylic acid groups (broad SMARTS) is 1. The molecule has 1 rings (SSSR count). The third-order valence-electron chi connectivity index (χ3n) is 2.53. The second-order valence-electron chi connectivity index (χ2n) is 4.08. The molecule has 0 radical (unpaired) electrons. The Morgan fingerprint density at radius 3 is 2.35 bits per heavy atom. The molecule has 7 heteroatoms. The first-order valence-corrected chi connectivity index (χ1v) is 5.79. The van der Waals surface area contributed by atoms with Crippen molar-refractivity contribution in [2.75, 3.05) is 7.11 Å². The molecule has 0 aliphatic heterocycles. The van der Waals surface area contributed by atoms with Crippen LogP contribution in [0.3, 0.4) is 0 Å². The summed E-state index contributed by atoms with van der Waals surface area (Å²) >= 11 is 0. The Balaban J connectivity index is 2.60. The molecule has 0 unspecified atom stereocenters. The second-order valence-corrected chi connectivity index (χ2v) is 4.08. The number of aliphatic carboxylic acids is 1. The van der Waals surface area contributed by atoms with Gasteiger partial charge in [0.05, 0.1) is 20.0 Å². The molecule has 0 aliphatic rings. The number of ether oxygens (including phenoxy) is 1. The van der Waals surface area contributed by atoms with E-state index in [1.165, 1.54) is 12.1 Å². The van der Waals surface area contributed by atoms with E-state index in [4.69, 9.17) is 10.2 Å². The molecule has 0 saturated heterocycles. The zero-order valence-electron chi connectivity index (χ0n) is 10.8. The lowest BCUT2D eigenvalue weighted by molar-refractivity contribution is -0.148. The summed E-state index contributed by atoms with van der Waals surface area (Å²) in [4.78, 5) is 33.7. The van der Waals surface area contributed by atoms with Gasteiger partial charge >= 0.3 is 11.9 Å². The van der Waals surface area contributed by atoms with Crippen LogP contribution in [0.2, 0.25) is 0 Å². The van der Waals surface area contributed by atoms with Crippen molar-refractivity contribution in [3.05, 3.63) is 29.8 Å². The summed E-state index contributed by atoms with van der Waals surface area (Å²) in [7, 11) is 1.14. The van der Waals surface area contributed by atoms with Crippen LogP contribution < -0.4 is 5.32 Å². The Hall–Kier alpha value is -2.57. The zero-order valence-corrected chi connectivity index (χ0v) is 10.8. The molecule has 1 atom stereocenters. The third-order valence-corrected chi connectivity index (χ3v) is 2.53. The number of carbonyl (C=O) groups excluding carboxylic acids is 2. The van der Waals surface area contributed by atoms with E-state index in [-0.39, 0.29) is 12.2 Å². The van der Waals surface area contributed by atoms with E-state index in [9.17, 15) is 14.4 Å². The first-order valence-electron chi connectivity index (χ1n) is 5.79. The number of carbonyl (C=O) groups is 3. The van der Waals surface area contributed by atoms with Gasteiger partial charge in [-0.25, -0.2) is 4.79 Å². The lowest BCUT2D eigenvalue weighted by Crippen LogP contribution is -2.43. The van der Waals surface area contributed by atoms with Gasteiger partial charge in [-0.3, -0.25) is 9.59 Å². The van der Waals surface area contributed by atoms with Gasteiger partial charge < -0.3 is 20.3 Å². The van der Waals surface area contributed by atoms with Crippen molar-refractivity contribution in [3.8, 4) is 5.75 Å². The fraction of sp³-hybridized carbons (Fsp3) is 0.308. The SMILES string of the molecule is COC(=O)C[C@H](NC(=O)Cc1ccc(O)cc1)C(=O)O. The van der Waals surface area contributed by atoms with E-state index >= 15 is 0 Å². The topological polar surface area (TPSA) is 113 Å². The molecule has 0 heterocycles. The van der Waals surface area contributed by atoms with Gasteiger partial charge in [-0.15, -0.1) is 0 Å². The average Bonchev–Trinajstić information content (AvgIpc) is 2.40. The molecule has 7 nitrogen and oxygen atoms in total. The molecule has 0 spiro atoms. The van der Waals surface area contributed by atoms with Crippen molar-refractivity contribution < 1.29 is 29.3 Å². The summed E-state index contributed by atoms with van der Waals surface area (Å²) in [6, 6.07) is 4.61. The number of amides is 1. The fourth-order valence-electron chi connectivity index (χ4n) is 1.49. The van der Waals surface area contributed by atoms with E-state index in [0.29, 0.717) is 5.56 Å². The molecule has 0 saturated carbocycles. The van der Waals surface area contributed by atoms with Gasteiger partial charge in [0.2, 0.25) is 5.91 Å². The molecule has 1 aromatic carbocycles. The highest BCUT2D eigenvalue weighted by atomic mass is 16.5. The minimum atomic E-state index is -1.33. The molecule has 0 fully saturated rings. The standard InChI is InChI=1S/C13H15NO6/c1-20-12(17)7-10(13(18)19)14-11(16)6-8-2-4-9(15)5-3-8/h2-5,10,15H,6-7H2,1H3,(H,14,16)(H,18,19)/t10-/m0/s1. The molecule has 1 amide bonds. The van der Waals surface area contributed by atoms with Gasteiger partial charge in [-0.1, -0.05) is 12.1 Å². The van der Waals surface area contributed by atoms with Crippen molar-refractivity contribution in [1.29, 1.82) is 0 Å². The molecule has 1 aromatic rings. The highest BCUT2D eigenvalue weighted by Crippen LogP contribution is 2.10. The number of esters is 1. The maximum atomic E-state index is 11.7. The van der Waals surface area contributed by atoms with Crippen LogP contribution in [0.15, 0.2) is 24.3 Å². The van der Waals surface area contributed by atoms with Crippen LogP contribution >= 0.6 is 0 Å². The number of phenolic OH excluding ortho intramolecular Hbond substituents is 1. The van der Waals surface area contributed by atoms with E-state index in [1.54, 1.807) is 12.1 Å². The van der Waals surface area contributed by atoms with Crippen LogP contribution in [0.5, 0.6) is 5.75 Å². The number of carboxylic acids is 1. The lowest BCUT2D eigenvalue weighted by Gasteiger charge is -2.13. The number of nitrogens with one attached hydrogen (secondary N) is 1. The van der Waals surface area contributed by atoms with Gasteiger partial charge in [-0.2, -0.15) is 0 Å². The Kier molecular flexibility index (Phi) is 5.52. The number of benzene rings is 1. The summed E-state index contributed by atoms with van der Waals surface area (Å²) in [5.41, 5.74) is 0.613. The van der Waals surface area contributed by atoms with Crippen molar-refractivity contribution in [3.63, 3.8) is 0 Å². The highest BCUT2D eigenvalue weighted by molar-refractivity contribution is 5.87. The average molecular weight is 281 g/mol.